The zero-order chi connectivity index (χ0) is 18.0. The van der Waals surface area contributed by atoms with Gasteiger partial charge in [-0.05, 0) is 19.1 Å². The number of benzene rings is 1. The summed E-state index contributed by atoms with van der Waals surface area (Å²) >= 11 is 5.82. The van der Waals surface area contributed by atoms with Gasteiger partial charge in [-0.3, -0.25) is 0 Å². The molecule has 130 valence electrons. The monoisotopic (exact) mass is 379 g/mol. The molecule has 0 radical (unpaired) electrons. The second-order valence-electron chi connectivity index (χ2n) is 5.00. The van der Waals surface area contributed by atoms with E-state index < -0.39 is 10.0 Å². The fourth-order valence-corrected chi connectivity index (χ4v) is 3.21. The van der Waals surface area contributed by atoms with Crippen molar-refractivity contribution < 1.29 is 13.2 Å². The maximum atomic E-state index is 12.5. The molecule has 1 aromatic carbocycles. The third kappa shape index (κ3) is 3.57. The van der Waals surface area contributed by atoms with E-state index in [9.17, 15) is 8.42 Å². The number of ether oxygens (including phenoxy) is 1. The largest absolute Gasteiger partial charge is 0.493 e. The van der Waals surface area contributed by atoms with Gasteiger partial charge in [-0.25, -0.2) is 22.8 Å². The maximum Gasteiger partial charge on any atom is 0.265 e. The third-order valence-corrected chi connectivity index (χ3v) is 4.89. The van der Waals surface area contributed by atoms with Crippen LogP contribution in [-0.4, -0.2) is 35.3 Å². The van der Waals surface area contributed by atoms with Crippen molar-refractivity contribution in [2.24, 2.45) is 0 Å². The molecule has 0 saturated heterocycles. The Balaban J connectivity index is 1.92. The summed E-state index contributed by atoms with van der Waals surface area (Å²) in [5.41, 5.74) is 0.771. The van der Waals surface area contributed by atoms with Crippen LogP contribution in [-0.2, 0) is 10.0 Å². The van der Waals surface area contributed by atoms with E-state index in [1.807, 2.05) is 30.3 Å². The Hall–Kier alpha value is -2.65. The van der Waals surface area contributed by atoms with Crippen molar-refractivity contribution in [3.63, 3.8) is 0 Å². The van der Waals surface area contributed by atoms with Crippen molar-refractivity contribution in [3.05, 3.63) is 53.6 Å². The quantitative estimate of drug-likeness (QED) is 0.683. The van der Waals surface area contributed by atoms with E-state index in [2.05, 4.69) is 19.8 Å². The smallest absolute Gasteiger partial charge is 0.265 e. The Bertz CT molecular complexity index is 1010. The van der Waals surface area contributed by atoms with Crippen molar-refractivity contribution in [1.29, 1.82) is 0 Å². The summed E-state index contributed by atoms with van der Waals surface area (Å²) in [6, 6.07) is 10.5. The lowest BCUT2D eigenvalue weighted by Crippen LogP contribution is -2.14. The molecule has 25 heavy (non-hydrogen) atoms. The first-order chi connectivity index (χ1) is 11.9. The van der Waals surface area contributed by atoms with Gasteiger partial charge in [0.05, 0.1) is 12.8 Å². The Morgan fingerprint density at radius 2 is 1.96 bits per heavy atom. The van der Waals surface area contributed by atoms with Crippen LogP contribution in [0.2, 0.25) is 5.15 Å². The molecule has 10 heteroatoms. The molecule has 3 aromatic rings. The predicted molar refractivity (Wildman–Crippen MR) is 92.7 cm³/mol. The number of anilines is 1. The average Bonchev–Trinajstić information content (AvgIpc) is 2.95. The molecule has 0 amide bonds. The van der Waals surface area contributed by atoms with Gasteiger partial charge in [-0.1, -0.05) is 29.8 Å². The molecule has 0 unspecified atom stereocenters. The molecule has 2 heterocycles. The van der Waals surface area contributed by atoms with Gasteiger partial charge in [0.15, 0.2) is 10.9 Å². The number of pyridine rings is 1. The zero-order valence-electron chi connectivity index (χ0n) is 13.3. The fraction of sp³-hybridized carbons (Fsp3) is 0.133. The van der Waals surface area contributed by atoms with Crippen LogP contribution in [0.3, 0.4) is 0 Å². The van der Waals surface area contributed by atoms with Crippen LogP contribution in [0, 0.1) is 6.92 Å². The Kier molecular flexibility index (Phi) is 4.60. The number of halogens is 1. The number of nitrogens with zero attached hydrogens (tertiary/aromatic N) is 4. The van der Waals surface area contributed by atoms with Gasteiger partial charge in [0.2, 0.25) is 0 Å². The minimum atomic E-state index is -3.94. The van der Waals surface area contributed by atoms with Crippen molar-refractivity contribution in [2.45, 2.75) is 11.8 Å². The molecule has 0 saturated carbocycles. The SMILES string of the molecule is COc1cc(S(=O)(=O)Nc2nc(C)n(-c3ccccc3)n2)cnc1Cl. The summed E-state index contributed by atoms with van der Waals surface area (Å²) in [5, 5.41) is 4.26. The summed E-state index contributed by atoms with van der Waals surface area (Å²) in [5.74, 6) is 0.648. The van der Waals surface area contributed by atoms with Crippen LogP contribution in [0.15, 0.2) is 47.5 Å². The Morgan fingerprint density at radius 1 is 1.24 bits per heavy atom. The molecular formula is C15H14ClN5O3S. The Labute approximate surface area is 149 Å². The molecule has 0 aliphatic rings. The molecule has 1 N–H and O–H groups in total. The molecule has 0 bridgehead atoms. The normalized spacial score (nSPS) is 11.3. The average molecular weight is 380 g/mol. The van der Waals surface area contributed by atoms with Gasteiger partial charge in [0.1, 0.15) is 10.7 Å². The molecule has 0 spiro atoms. The van der Waals surface area contributed by atoms with Crippen molar-refractivity contribution in [2.75, 3.05) is 11.8 Å². The summed E-state index contributed by atoms with van der Waals surface area (Å²) in [4.78, 5) is 7.84. The van der Waals surface area contributed by atoms with Crippen LogP contribution in [0.5, 0.6) is 5.75 Å². The number of para-hydroxylation sites is 1. The molecule has 0 aliphatic carbocycles. The van der Waals surface area contributed by atoms with E-state index in [-0.39, 0.29) is 21.7 Å². The minimum absolute atomic E-state index is 0.0460. The van der Waals surface area contributed by atoms with Gasteiger partial charge in [0, 0.05) is 12.3 Å². The standard InChI is InChI=1S/C15H14ClN5O3S/c1-10-18-15(19-21(10)11-6-4-3-5-7-11)20-25(22,23)12-8-13(24-2)14(16)17-9-12/h3-9H,1-2H3,(H,19,20). The topological polar surface area (TPSA) is 99.0 Å². The number of hydrogen-bond donors (Lipinski definition) is 1. The van der Waals surface area contributed by atoms with Gasteiger partial charge in [-0.2, -0.15) is 4.98 Å². The van der Waals surface area contributed by atoms with E-state index in [4.69, 9.17) is 16.3 Å². The summed E-state index contributed by atoms with van der Waals surface area (Å²) in [7, 11) is -2.56. The van der Waals surface area contributed by atoms with Gasteiger partial charge in [0.25, 0.3) is 16.0 Å². The minimum Gasteiger partial charge on any atom is -0.493 e. The number of nitrogens with one attached hydrogen (secondary N) is 1. The number of rotatable bonds is 5. The van der Waals surface area contributed by atoms with Crippen molar-refractivity contribution >= 4 is 27.6 Å². The van der Waals surface area contributed by atoms with Gasteiger partial charge in [-0.15, -0.1) is 5.10 Å². The van der Waals surface area contributed by atoms with E-state index >= 15 is 0 Å². The first kappa shape index (κ1) is 17.2. The lowest BCUT2D eigenvalue weighted by Gasteiger charge is -2.07. The highest BCUT2D eigenvalue weighted by atomic mass is 35.5. The highest BCUT2D eigenvalue weighted by molar-refractivity contribution is 7.92. The van der Waals surface area contributed by atoms with Crippen molar-refractivity contribution in [3.8, 4) is 11.4 Å². The van der Waals surface area contributed by atoms with E-state index in [1.54, 1.807) is 11.6 Å². The first-order valence-corrected chi connectivity index (χ1v) is 8.98. The first-order valence-electron chi connectivity index (χ1n) is 7.12. The van der Waals surface area contributed by atoms with E-state index in [0.29, 0.717) is 5.82 Å². The van der Waals surface area contributed by atoms with Crippen molar-refractivity contribution in [1.82, 2.24) is 19.7 Å². The molecule has 8 nitrogen and oxygen atoms in total. The van der Waals surface area contributed by atoms with E-state index in [1.165, 1.54) is 13.2 Å². The molecule has 0 fully saturated rings. The number of aromatic nitrogens is 4. The Morgan fingerprint density at radius 3 is 2.64 bits per heavy atom. The molecular weight excluding hydrogens is 366 g/mol. The van der Waals surface area contributed by atoms with Crippen LogP contribution < -0.4 is 9.46 Å². The number of aryl methyl sites for hydroxylation is 1. The van der Waals surface area contributed by atoms with Crippen LogP contribution in [0.25, 0.3) is 5.69 Å². The number of hydrogen-bond acceptors (Lipinski definition) is 6. The maximum absolute atomic E-state index is 12.5. The zero-order valence-corrected chi connectivity index (χ0v) is 14.9. The van der Waals surface area contributed by atoms with Crippen LogP contribution >= 0.6 is 11.6 Å². The van der Waals surface area contributed by atoms with Crippen LogP contribution in [0.1, 0.15) is 5.82 Å². The highest BCUT2D eigenvalue weighted by Gasteiger charge is 2.20. The summed E-state index contributed by atoms with van der Waals surface area (Å²) < 4.78 is 33.9. The van der Waals surface area contributed by atoms with Gasteiger partial charge >= 0.3 is 0 Å². The highest BCUT2D eigenvalue weighted by Crippen LogP contribution is 2.25. The number of methoxy groups -OCH3 is 1. The summed E-state index contributed by atoms with van der Waals surface area (Å²) in [6.07, 6.45) is 1.13. The van der Waals surface area contributed by atoms with Crippen LogP contribution in [0.4, 0.5) is 5.95 Å². The third-order valence-electron chi connectivity index (χ3n) is 3.31. The summed E-state index contributed by atoms with van der Waals surface area (Å²) in [6.45, 7) is 1.73. The second-order valence-corrected chi connectivity index (χ2v) is 7.04. The molecule has 0 aliphatic heterocycles. The second kappa shape index (κ2) is 6.69. The molecule has 0 atom stereocenters. The molecule has 2 aromatic heterocycles. The molecule has 3 rings (SSSR count). The fourth-order valence-electron chi connectivity index (χ4n) is 2.13. The van der Waals surface area contributed by atoms with Gasteiger partial charge < -0.3 is 4.74 Å². The lowest BCUT2D eigenvalue weighted by molar-refractivity contribution is 0.411. The predicted octanol–water partition coefficient (Wildman–Crippen LogP) is 2.43. The number of sulfonamides is 1. The lowest BCUT2D eigenvalue weighted by atomic mass is 10.3. The van der Waals surface area contributed by atoms with E-state index in [0.717, 1.165) is 11.9 Å².